The van der Waals surface area contributed by atoms with Gasteiger partial charge >= 0.3 is 12.1 Å². The Morgan fingerprint density at radius 3 is 2.37 bits per heavy atom. The maximum Gasteiger partial charge on any atom is 0.490 e. The number of carbonyl (C=O) groups is 2. The number of pyridine rings is 1. The van der Waals surface area contributed by atoms with Crippen LogP contribution in [0.3, 0.4) is 0 Å². The number of carbonyl (C=O) groups excluding carboxylic acids is 1. The van der Waals surface area contributed by atoms with Crippen LogP contribution in [0.25, 0.3) is 0 Å². The minimum Gasteiger partial charge on any atom is -0.481 e. The van der Waals surface area contributed by atoms with Crippen LogP contribution in [-0.2, 0) is 16.1 Å². The lowest BCUT2D eigenvalue weighted by Crippen LogP contribution is -2.41. The standard InChI is InChI=1S/C19H27F3N4O2.C2HF3O2/c1-26(18(27)15-4-3-9-23-15)11-12-10-14(20)16(25-17(12)28-2)24-13-5-7-19(21,22)8-6-13;3-2(4,5)1(6)7/h10,13,15,23H,3-9,11H2,1-2H3,(H,24,25);(H,6,7)/t15-;/m0./s1. The third-order valence-electron chi connectivity index (χ3n) is 5.65. The first-order valence-electron chi connectivity index (χ1n) is 10.9. The second-order valence-corrected chi connectivity index (χ2v) is 8.41. The van der Waals surface area contributed by atoms with Gasteiger partial charge in [-0.05, 0) is 38.3 Å². The lowest BCUT2D eigenvalue weighted by molar-refractivity contribution is -0.192. The molecule has 1 aromatic rings. The van der Waals surface area contributed by atoms with Crippen molar-refractivity contribution in [2.75, 3.05) is 26.0 Å². The van der Waals surface area contributed by atoms with Crippen molar-refractivity contribution in [3.8, 4) is 5.88 Å². The normalized spacial score (nSPS) is 19.9. The second kappa shape index (κ2) is 11.8. The highest BCUT2D eigenvalue weighted by atomic mass is 19.4. The number of alkyl halides is 5. The Hall–Kier alpha value is -2.77. The molecule has 1 aromatic heterocycles. The molecule has 0 aromatic carbocycles. The molecule has 1 amide bonds. The molecule has 14 heteroatoms. The number of hydrogen-bond donors (Lipinski definition) is 3. The molecule has 3 N–H and O–H groups in total. The summed E-state index contributed by atoms with van der Waals surface area (Å²) in [5, 5.41) is 13.2. The van der Waals surface area contributed by atoms with Gasteiger partial charge in [-0.15, -0.1) is 0 Å². The molecule has 0 spiro atoms. The van der Waals surface area contributed by atoms with Crippen molar-refractivity contribution in [2.45, 2.75) is 69.3 Å². The molecule has 1 atom stereocenters. The van der Waals surface area contributed by atoms with E-state index in [9.17, 15) is 31.1 Å². The minimum atomic E-state index is -5.08. The molecule has 198 valence electrons. The highest BCUT2D eigenvalue weighted by molar-refractivity contribution is 5.82. The van der Waals surface area contributed by atoms with E-state index >= 15 is 0 Å². The highest BCUT2D eigenvalue weighted by Gasteiger charge is 2.38. The largest absolute Gasteiger partial charge is 0.490 e. The van der Waals surface area contributed by atoms with Crippen LogP contribution >= 0.6 is 0 Å². The summed E-state index contributed by atoms with van der Waals surface area (Å²) in [4.78, 5) is 27.1. The van der Waals surface area contributed by atoms with Gasteiger partial charge in [-0.2, -0.15) is 18.2 Å². The van der Waals surface area contributed by atoms with Crippen molar-refractivity contribution < 1.29 is 45.8 Å². The number of methoxy groups -OCH3 is 1. The molecule has 35 heavy (non-hydrogen) atoms. The summed E-state index contributed by atoms with van der Waals surface area (Å²) in [5.74, 6) is -5.84. The molecule has 1 aliphatic heterocycles. The van der Waals surface area contributed by atoms with Crippen LogP contribution in [0.5, 0.6) is 5.88 Å². The number of anilines is 1. The van der Waals surface area contributed by atoms with Crippen LogP contribution in [0, 0.1) is 5.82 Å². The first kappa shape index (κ1) is 28.5. The lowest BCUT2D eigenvalue weighted by atomic mass is 9.92. The molecular weight excluding hydrogens is 486 g/mol. The van der Waals surface area contributed by atoms with E-state index in [0.29, 0.717) is 5.56 Å². The van der Waals surface area contributed by atoms with Crippen molar-refractivity contribution in [2.24, 2.45) is 0 Å². The van der Waals surface area contributed by atoms with Crippen molar-refractivity contribution in [1.82, 2.24) is 15.2 Å². The number of nitrogens with zero attached hydrogens (tertiary/aromatic N) is 2. The highest BCUT2D eigenvalue weighted by Crippen LogP contribution is 2.35. The number of halogens is 6. The van der Waals surface area contributed by atoms with Crippen LogP contribution in [0.1, 0.15) is 44.1 Å². The summed E-state index contributed by atoms with van der Waals surface area (Å²) in [6.07, 6.45) is -3.27. The smallest absolute Gasteiger partial charge is 0.481 e. The van der Waals surface area contributed by atoms with Crippen molar-refractivity contribution in [3.05, 3.63) is 17.4 Å². The van der Waals surface area contributed by atoms with E-state index in [-0.39, 0.29) is 61.9 Å². The average molecular weight is 514 g/mol. The fraction of sp³-hybridized carbons (Fsp3) is 0.667. The topological polar surface area (TPSA) is 104 Å². The number of aromatic nitrogens is 1. The maximum atomic E-state index is 14.6. The molecule has 0 bridgehead atoms. The van der Waals surface area contributed by atoms with Crippen molar-refractivity contribution in [3.63, 3.8) is 0 Å². The number of hydrogen-bond acceptors (Lipinski definition) is 6. The number of aliphatic carboxylic acids is 1. The van der Waals surface area contributed by atoms with E-state index in [1.54, 1.807) is 7.05 Å². The Morgan fingerprint density at radius 1 is 1.29 bits per heavy atom. The van der Waals surface area contributed by atoms with Crippen LogP contribution in [0.2, 0.25) is 0 Å². The molecule has 1 aliphatic carbocycles. The Bertz CT molecular complexity index is 883. The lowest BCUT2D eigenvalue weighted by Gasteiger charge is -2.29. The van der Waals surface area contributed by atoms with Crippen LogP contribution in [0.4, 0.5) is 32.2 Å². The van der Waals surface area contributed by atoms with Crippen molar-refractivity contribution >= 4 is 17.7 Å². The number of rotatable bonds is 6. The number of likely N-dealkylation sites (N-methyl/N-ethyl adjacent to an activating group) is 1. The van der Waals surface area contributed by atoms with Gasteiger partial charge < -0.3 is 25.4 Å². The van der Waals surface area contributed by atoms with E-state index in [4.69, 9.17) is 14.6 Å². The summed E-state index contributed by atoms with van der Waals surface area (Å²) in [6.45, 7) is 0.983. The van der Waals surface area contributed by atoms with E-state index in [0.717, 1.165) is 19.4 Å². The first-order chi connectivity index (χ1) is 16.2. The molecule has 2 fully saturated rings. The molecule has 2 heterocycles. The fourth-order valence-electron chi connectivity index (χ4n) is 3.77. The zero-order chi connectivity index (χ0) is 26.4. The van der Waals surface area contributed by atoms with Gasteiger partial charge in [0.25, 0.3) is 0 Å². The Kier molecular flexibility index (Phi) is 9.58. The zero-order valence-electron chi connectivity index (χ0n) is 19.2. The number of nitrogens with one attached hydrogen (secondary N) is 2. The fourth-order valence-corrected chi connectivity index (χ4v) is 3.77. The third kappa shape index (κ3) is 8.44. The average Bonchev–Trinajstić information content (AvgIpc) is 3.31. The van der Waals surface area contributed by atoms with Gasteiger partial charge in [0.05, 0.1) is 19.7 Å². The first-order valence-corrected chi connectivity index (χ1v) is 10.9. The molecular formula is C21H28F6N4O4. The number of carboxylic acids is 1. The predicted molar refractivity (Wildman–Crippen MR) is 113 cm³/mol. The quantitative estimate of drug-likeness (QED) is 0.499. The van der Waals surface area contributed by atoms with E-state index < -0.39 is 23.9 Å². The van der Waals surface area contributed by atoms with Crippen LogP contribution in [0.15, 0.2) is 6.07 Å². The van der Waals surface area contributed by atoms with Gasteiger partial charge in [0.2, 0.25) is 17.7 Å². The molecule has 2 aliphatic rings. The SMILES string of the molecule is COc1nc(NC2CCC(F)(F)CC2)c(F)cc1CN(C)C(=O)[C@@H]1CCCN1.O=C(O)C(F)(F)F. The summed E-state index contributed by atoms with van der Waals surface area (Å²) in [6, 6.07) is 0.825. The molecule has 0 radical (unpaired) electrons. The predicted octanol–water partition coefficient (Wildman–Crippen LogP) is 3.56. The van der Waals surface area contributed by atoms with Crippen LogP contribution in [-0.4, -0.2) is 71.8 Å². The summed E-state index contributed by atoms with van der Waals surface area (Å²) in [7, 11) is 3.09. The van der Waals surface area contributed by atoms with E-state index in [2.05, 4.69) is 15.6 Å². The third-order valence-corrected chi connectivity index (χ3v) is 5.65. The van der Waals surface area contributed by atoms with E-state index in [1.165, 1.54) is 18.1 Å². The van der Waals surface area contributed by atoms with Gasteiger partial charge in [-0.1, -0.05) is 0 Å². The Balaban J connectivity index is 0.000000540. The van der Waals surface area contributed by atoms with Gasteiger partial charge in [0.15, 0.2) is 11.6 Å². The number of ether oxygens (including phenoxy) is 1. The van der Waals surface area contributed by atoms with Gasteiger partial charge in [0, 0.05) is 31.5 Å². The summed E-state index contributed by atoms with van der Waals surface area (Å²) in [5.41, 5.74) is 0.453. The Labute approximate surface area is 198 Å². The zero-order valence-corrected chi connectivity index (χ0v) is 19.2. The van der Waals surface area contributed by atoms with Crippen molar-refractivity contribution in [1.29, 1.82) is 0 Å². The molecule has 8 nitrogen and oxygen atoms in total. The molecule has 3 rings (SSSR count). The minimum absolute atomic E-state index is 0.0118. The molecule has 0 unspecified atom stereocenters. The molecule has 1 saturated heterocycles. The summed E-state index contributed by atoms with van der Waals surface area (Å²) < 4.78 is 78.2. The number of amides is 1. The Morgan fingerprint density at radius 2 is 1.89 bits per heavy atom. The molecule has 1 saturated carbocycles. The van der Waals surface area contributed by atoms with Gasteiger partial charge in [0.1, 0.15) is 0 Å². The van der Waals surface area contributed by atoms with Gasteiger partial charge in [-0.3, -0.25) is 4.79 Å². The van der Waals surface area contributed by atoms with Gasteiger partial charge in [-0.25, -0.2) is 18.0 Å². The summed E-state index contributed by atoms with van der Waals surface area (Å²) >= 11 is 0. The van der Waals surface area contributed by atoms with Crippen LogP contribution < -0.4 is 15.4 Å². The van der Waals surface area contributed by atoms with E-state index in [1.807, 2.05) is 0 Å². The monoisotopic (exact) mass is 514 g/mol. The second-order valence-electron chi connectivity index (χ2n) is 8.41. The maximum absolute atomic E-state index is 14.6. The number of carboxylic acid groups (broad SMARTS) is 1.